The zero-order valence-electron chi connectivity index (χ0n) is 14.0. The fraction of sp³-hybridized carbons (Fsp3) is 0.333. The third-order valence-corrected chi connectivity index (χ3v) is 4.14. The highest BCUT2D eigenvalue weighted by Crippen LogP contribution is 2.19. The second-order valence-corrected chi connectivity index (χ2v) is 6.13. The molecule has 0 aliphatic carbocycles. The maximum absolute atomic E-state index is 12.3. The predicted octanol–water partition coefficient (Wildman–Crippen LogP) is 2.35. The number of hydrogen-bond donors (Lipinski definition) is 3. The van der Waals surface area contributed by atoms with Crippen molar-refractivity contribution < 1.29 is 9.90 Å². The summed E-state index contributed by atoms with van der Waals surface area (Å²) in [4.78, 5) is 16.7. The minimum Gasteiger partial charge on any atom is -0.387 e. The Morgan fingerprint density at radius 2 is 2.12 bits per heavy atom. The molecule has 25 heavy (non-hydrogen) atoms. The van der Waals surface area contributed by atoms with E-state index in [9.17, 15) is 9.90 Å². The van der Waals surface area contributed by atoms with Crippen molar-refractivity contribution in [3.05, 3.63) is 53.7 Å². The molecule has 3 N–H and O–H groups in total. The van der Waals surface area contributed by atoms with Crippen LogP contribution in [0.15, 0.2) is 42.6 Å². The minimum absolute atomic E-state index is 0. The maximum atomic E-state index is 12.3. The number of aromatic nitrogens is 1. The highest BCUT2D eigenvalue weighted by molar-refractivity contribution is 5.95. The Morgan fingerprint density at radius 3 is 2.80 bits per heavy atom. The van der Waals surface area contributed by atoms with E-state index >= 15 is 0 Å². The molecule has 1 fully saturated rings. The summed E-state index contributed by atoms with van der Waals surface area (Å²) in [5.74, 6) is -0.181. The molecule has 1 saturated heterocycles. The Bertz CT molecular complexity index is 719. The van der Waals surface area contributed by atoms with Crippen LogP contribution in [-0.4, -0.2) is 41.2 Å². The predicted molar refractivity (Wildman–Crippen MR) is 104 cm³/mol. The normalized spacial score (nSPS) is 18.8. The lowest BCUT2D eigenvalue weighted by Crippen LogP contribution is -2.44. The minimum atomic E-state index is -0.842. The molecule has 1 aromatic heterocycles. The smallest absolute Gasteiger partial charge is 0.251 e. The summed E-state index contributed by atoms with van der Waals surface area (Å²) < 4.78 is 0. The number of carbonyl (C=O) groups excluding carboxylic acids is 1. The zero-order chi connectivity index (χ0) is 16.3. The first kappa shape index (κ1) is 21.4. The highest BCUT2D eigenvalue weighted by atomic mass is 35.5. The molecule has 0 bridgehead atoms. The van der Waals surface area contributed by atoms with Gasteiger partial charge in [0.1, 0.15) is 0 Å². The summed E-state index contributed by atoms with van der Waals surface area (Å²) in [5.41, 5.74) is 2.60. The van der Waals surface area contributed by atoms with Crippen molar-refractivity contribution >= 4 is 30.7 Å². The molecule has 7 heteroatoms. The Balaban J connectivity index is 0.00000156. The highest BCUT2D eigenvalue weighted by Gasteiger charge is 2.31. The molecule has 3 rings (SSSR count). The van der Waals surface area contributed by atoms with Gasteiger partial charge in [0.25, 0.3) is 5.91 Å². The molecule has 0 radical (unpaired) electrons. The van der Waals surface area contributed by atoms with Crippen LogP contribution in [0.5, 0.6) is 0 Å². The fourth-order valence-corrected chi connectivity index (χ4v) is 2.74. The first-order chi connectivity index (χ1) is 11.1. The Morgan fingerprint density at radius 1 is 1.32 bits per heavy atom. The van der Waals surface area contributed by atoms with Gasteiger partial charge >= 0.3 is 0 Å². The van der Waals surface area contributed by atoms with Gasteiger partial charge in [-0.1, -0.05) is 12.1 Å². The lowest BCUT2D eigenvalue weighted by atomic mass is 10.0. The van der Waals surface area contributed by atoms with Crippen LogP contribution in [0.1, 0.15) is 22.3 Å². The third-order valence-electron chi connectivity index (χ3n) is 4.14. The summed E-state index contributed by atoms with van der Waals surface area (Å²) >= 11 is 0. The standard InChI is InChI=1S/C18H21N3O2.2ClH/c1-13-5-7-20-16(9-13)14-3-2-4-15(10-14)17(22)21-12-18(23)6-8-19-11-18;;/h2-5,7,9-10,19,23H,6,8,11-12H2,1H3,(H,21,22);2*1H. The summed E-state index contributed by atoms with van der Waals surface area (Å²) in [7, 11) is 0. The summed E-state index contributed by atoms with van der Waals surface area (Å²) in [6.45, 7) is 3.56. The molecule has 1 atom stereocenters. The van der Waals surface area contributed by atoms with E-state index in [0.29, 0.717) is 18.5 Å². The van der Waals surface area contributed by atoms with Crippen molar-refractivity contribution in [2.75, 3.05) is 19.6 Å². The van der Waals surface area contributed by atoms with Gasteiger partial charge in [-0.05, 0) is 49.7 Å². The molecule has 2 heterocycles. The molecule has 1 aliphatic heterocycles. The quantitative estimate of drug-likeness (QED) is 0.757. The molecule has 136 valence electrons. The maximum Gasteiger partial charge on any atom is 0.251 e. The molecular formula is C18H23Cl2N3O2. The Labute approximate surface area is 160 Å². The van der Waals surface area contributed by atoms with Gasteiger partial charge in [-0.25, -0.2) is 0 Å². The van der Waals surface area contributed by atoms with Crippen molar-refractivity contribution in [2.45, 2.75) is 18.9 Å². The number of amides is 1. The van der Waals surface area contributed by atoms with E-state index in [-0.39, 0.29) is 37.3 Å². The number of hydrogen-bond acceptors (Lipinski definition) is 4. The van der Waals surface area contributed by atoms with Crippen LogP contribution in [0, 0.1) is 6.92 Å². The van der Waals surface area contributed by atoms with Crippen molar-refractivity contribution in [2.24, 2.45) is 0 Å². The topological polar surface area (TPSA) is 74.2 Å². The first-order valence-corrected chi connectivity index (χ1v) is 7.80. The third kappa shape index (κ3) is 5.41. The van der Waals surface area contributed by atoms with Crippen LogP contribution < -0.4 is 10.6 Å². The van der Waals surface area contributed by atoms with Gasteiger partial charge in [0.2, 0.25) is 0 Å². The molecule has 5 nitrogen and oxygen atoms in total. The number of aliphatic hydroxyl groups is 1. The molecule has 1 unspecified atom stereocenters. The summed E-state index contributed by atoms with van der Waals surface area (Å²) in [5, 5.41) is 16.2. The lowest BCUT2D eigenvalue weighted by molar-refractivity contribution is 0.0562. The van der Waals surface area contributed by atoms with Crippen molar-refractivity contribution in [3.63, 3.8) is 0 Å². The van der Waals surface area contributed by atoms with Gasteiger partial charge in [0.05, 0.1) is 11.3 Å². The van der Waals surface area contributed by atoms with Gasteiger partial charge in [0.15, 0.2) is 0 Å². The lowest BCUT2D eigenvalue weighted by Gasteiger charge is -2.21. The number of halogens is 2. The second-order valence-electron chi connectivity index (χ2n) is 6.13. The van der Waals surface area contributed by atoms with Gasteiger partial charge in [-0.15, -0.1) is 24.8 Å². The van der Waals surface area contributed by atoms with Crippen molar-refractivity contribution in [1.82, 2.24) is 15.6 Å². The molecule has 2 aromatic rings. The van der Waals surface area contributed by atoms with E-state index in [0.717, 1.165) is 23.4 Å². The van der Waals surface area contributed by atoms with Crippen LogP contribution in [0.4, 0.5) is 0 Å². The Hall–Kier alpha value is -1.66. The molecule has 1 aromatic carbocycles. The first-order valence-electron chi connectivity index (χ1n) is 7.80. The van der Waals surface area contributed by atoms with E-state index in [2.05, 4.69) is 15.6 Å². The number of β-amino-alcohol motifs (C(OH)–C–C–N with tert-alkyl or cyclic N) is 1. The number of carbonyl (C=O) groups is 1. The van der Waals surface area contributed by atoms with E-state index in [1.165, 1.54) is 0 Å². The van der Waals surface area contributed by atoms with Crippen molar-refractivity contribution in [1.29, 1.82) is 0 Å². The number of nitrogens with zero attached hydrogens (tertiary/aromatic N) is 1. The number of aryl methyl sites for hydroxylation is 1. The van der Waals surface area contributed by atoms with Gasteiger partial charge in [-0.3, -0.25) is 9.78 Å². The SMILES string of the molecule is Cc1ccnc(-c2cccc(C(=O)NCC3(O)CCNC3)c2)c1.Cl.Cl. The van der Waals surface area contributed by atoms with Crippen LogP contribution >= 0.6 is 24.8 Å². The summed E-state index contributed by atoms with van der Waals surface area (Å²) in [6, 6.07) is 11.3. The molecule has 1 aliphatic rings. The number of rotatable bonds is 4. The molecule has 0 spiro atoms. The molecule has 1 amide bonds. The second kappa shape index (κ2) is 9.15. The van der Waals surface area contributed by atoms with E-state index in [1.807, 2.05) is 37.3 Å². The number of benzene rings is 1. The summed E-state index contributed by atoms with van der Waals surface area (Å²) in [6.07, 6.45) is 2.42. The Kier molecular flexibility index (Phi) is 7.83. The van der Waals surface area contributed by atoms with Crippen molar-refractivity contribution in [3.8, 4) is 11.3 Å². The van der Waals surface area contributed by atoms with E-state index in [1.54, 1.807) is 12.3 Å². The van der Waals surface area contributed by atoms with Crippen LogP contribution in [0.25, 0.3) is 11.3 Å². The average Bonchev–Trinajstić information content (AvgIpc) is 3.00. The fourth-order valence-electron chi connectivity index (χ4n) is 2.74. The van der Waals surface area contributed by atoms with E-state index in [4.69, 9.17) is 0 Å². The van der Waals surface area contributed by atoms with Gasteiger partial charge < -0.3 is 15.7 Å². The average molecular weight is 384 g/mol. The van der Waals surface area contributed by atoms with E-state index < -0.39 is 5.60 Å². The van der Waals surface area contributed by atoms with Crippen LogP contribution in [0.2, 0.25) is 0 Å². The number of pyridine rings is 1. The zero-order valence-corrected chi connectivity index (χ0v) is 15.6. The molecule has 0 saturated carbocycles. The van der Waals surface area contributed by atoms with Gasteiger partial charge in [0, 0.05) is 30.4 Å². The van der Waals surface area contributed by atoms with Crippen LogP contribution in [0.3, 0.4) is 0 Å². The largest absolute Gasteiger partial charge is 0.387 e. The van der Waals surface area contributed by atoms with Crippen LogP contribution in [-0.2, 0) is 0 Å². The number of nitrogens with one attached hydrogen (secondary N) is 2. The molecular weight excluding hydrogens is 361 g/mol. The monoisotopic (exact) mass is 383 g/mol. The van der Waals surface area contributed by atoms with Gasteiger partial charge in [-0.2, -0.15) is 0 Å².